The van der Waals surface area contributed by atoms with Crippen LogP contribution in [-0.4, -0.2) is 56.7 Å². The number of fused-ring (bicyclic) bond motifs is 1. The molecule has 38 heavy (non-hydrogen) atoms. The zero-order valence-corrected chi connectivity index (χ0v) is 21.3. The standard InChI is InChI=1S/C25H23ClFN9O2/c1-13(37)12-35-14(2)18(10-29-35)15-5-6-34-23(7-15)19(11-28-34)25(38)30-22-8-17(21(27)9-20(22)26)24-31-33-36(32-24)16-3-4-16/h5-11,13,16,37H,3-4,12H2,1-2H3,(H,30,38). The maximum atomic E-state index is 14.7. The number of nitrogens with zero attached hydrogens (tertiary/aromatic N) is 8. The fourth-order valence-electron chi connectivity index (χ4n) is 4.29. The van der Waals surface area contributed by atoms with Gasteiger partial charge in [-0.1, -0.05) is 11.6 Å². The van der Waals surface area contributed by atoms with Gasteiger partial charge in [0.15, 0.2) is 0 Å². The normalized spacial score (nSPS) is 14.2. The Morgan fingerprint density at radius 3 is 2.82 bits per heavy atom. The summed E-state index contributed by atoms with van der Waals surface area (Å²) in [5.74, 6) is -0.961. The molecule has 0 radical (unpaired) electrons. The van der Waals surface area contributed by atoms with E-state index in [0.717, 1.165) is 35.7 Å². The number of tetrazole rings is 1. The van der Waals surface area contributed by atoms with Gasteiger partial charge in [0.05, 0.1) is 58.4 Å². The third kappa shape index (κ3) is 4.41. The van der Waals surface area contributed by atoms with Crippen LogP contribution in [0.1, 0.15) is 41.9 Å². The number of amides is 1. The lowest BCUT2D eigenvalue weighted by Crippen LogP contribution is -2.14. The molecule has 11 nitrogen and oxygen atoms in total. The number of carbonyl (C=O) groups is 1. The number of aliphatic hydroxyl groups is 1. The van der Waals surface area contributed by atoms with Crippen molar-refractivity contribution in [2.75, 3.05) is 5.32 Å². The van der Waals surface area contributed by atoms with E-state index < -0.39 is 17.8 Å². The maximum absolute atomic E-state index is 14.7. The number of hydrogen-bond donors (Lipinski definition) is 2. The number of carbonyl (C=O) groups excluding carboxylic acids is 1. The van der Waals surface area contributed by atoms with E-state index in [0.29, 0.717) is 17.6 Å². The molecular formula is C25H23ClFN9O2. The average molecular weight is 536 g/mol. The van der Waals surface area contributed by atoms with Crippen LogP contribution >= 0.6 is 11.6 Å². The van der Waals surface area contributed by atoms with Crippen molar-refractivity contribution >= 4 is 28.7 Å². The van der Waals surface area contributed by atoms with Crippen molar-refractivity contribution in [3.05, 3.63) is 65.0 Å². The summed E-state index contributed by atoms with van der Waals surface area (Å²) < 4.78 is 18.0. The molecule has 0 aliphatic heterocycles. The van der Waals surface area contributed by atoms with Crippen molar-refractivity contribution in [1.29, 1.82) is 0 Å². The Morgan fingerprint density at radius 2 is 2.05 bits per heavy atom. The lowest BCUT2D eigenvalue weighted by molar-refractivity contribution is 0.102. The SMILES string of the molecule is Cc1c(-c2ccn3ncc(C(=O)Nc4cc(-c5nnn(C6CC6)n5)c(F)cc4Cl)c3c2)cnn1CC(C)O. The number of hydrogen-bond acceptors (Lipinski definition) is 7. The lowest BCUT2D eigenvalue weighted by atomic mass is 10.1. The van der Waals surface area contributed by atoms with Gasteiger partial charge in [-0.15, -0.1) is 10.2 Å². The first-order chi connectivity index (χ1) is 18.3. The first-order valence-electron chi connectivity index (χ1n) is 12.1. The van der Waals surface area contributed by atoms with Gasteiger partial charge in [-0.2, -0.15) is 15.0 Å². The van der Waals surface area contributed by atoms with Crippen LogP contribution in [0.25, 0.3) is 28.0 Å². The van der Waals surface area contributed by atoms with Gasteiger partial charge in [-0.05, 0) is 61.7 Å². The van der Waals surface area contributed by atoms with Gasteiger partial charge >= 0.3 is 0 Å². The van der Waals surface area contributed by atoms with Crippen LogP contribution in [-0.2, 0) is 6.54 Å². The van der Waals surface area contributed by atoms with Crippen molar-refractivity contribution in [1.82, 2.24) is 39.6 Å². The smallest absolute Gasteiger partial charge is 0.259 e. The summed E-state index contributed by atoms with van der Waals surface area (Å²) in [5, 5.41) is 33.4. The number of rotatable bonds is 7. The lowest BCUT2D eigenvalue weighted by Gasteiger charge is -2.10. The highest BCUT2D eigenvalue weighted by atomic mass is 35.5. The largest absolute Gasteiger partial charge is 0.391 e. The number of aliphatic hydroxyl groups excluding tert-OH is 1. The zero-order valence-electron chi connectivity index (χ0n) is 20.5. The minimum absolute atomic E-state index is 0.0347. The van der Waals surface area contributed by atoms with Crippen LogP contribution in [0.15, 0.2) is 42.9 Å². The predicted octanol–water partition coefficient (Wildman–Crippen LogP) is 3.92. The van der Waals surface area contributed by atoms with Crippen molar-refractivity contribution in [3.63, 3.8) is 0 Å². The molecule has 2 N–H and O–H groups in total. The summed E-state index contributed by atoms with van der Waals surface area (Å²) in [5.41, 5.74) is 3.77. The topological polar surface area (TPSA) is 128 Å². The summed E-state index contributed by atoms with van der Waals surface area (Å²) in [4.78, 5) is 14.8. The molecule has 6 rings (SSSR count). The second-order valence-corrected chi connectivity index (χ2v) is 9.82. The van der Waals surface area contributed by atoms with Crippen LogP contribution in [0.4, 0.5) is 10.1 Å². The molecule has 1 aliphatic carbocycles. The van der Waals surface area contributed by atoms with E-state index in [-0.39, 0.29) is 28.1 Å². The number of aromatic nitrogens is 8. The molecule has 1 unspecified atom stereocenters. The molecule has 5 aromatic rings. The van der Waals surface area contributed by atoms with Gasteiger partial charge in [-0.25, -0.2) is 8.91 Å². The Balaban J connectivity index is 1.30. The molecule has 4 aromatic heterocycles. The molecule has 1 atom stereocenters. The van der Waals surface area contributed by atoms with E-state index in [4.69, 9.17) is 11.6 Å². The molecule has 1 fully saturated rings. The summed E-state index contributed by atoms with van der Waals surface area (Å²) in [6.45, 7) is 4.00. The summed E-state index contributed by atoms with van der Waals surface area (Å²) >= 11 is 6.27. The molecule has 0 bridgehead atoms. The number of pyridine rings is 1. The van der Waals surface area contributed by atoms with Crippen LogP contribution in [0.3, 0.4) is 0 Å². The second kappa shape index (κ2) is 9.30. The number of halogens is 2. The van der Waals surface area contributed by atoms with Crippen molar-refractivity contribution in [2.24, 2.45) is 0 Å². The van der Waals surface area contributed by atoms with Crippen LogP contribution in [0, 0.1) is 12.7 Å². The van der Waals surface area contributed by atoms with E-state index in [1.54, 1.807) is 28.5 Å². The van der Waals surface area contributed by atoms with Crippen LogP contribution in [0.2, 0.25) is 5.02 Å². The van der Waals surface area contributed by atoms with E-state index in [2.05, 4.69) is 30.9 Å². The molecule has 1 aliphatic rings. The quantitative estimate of drug-likeness (QED) is 0.323. The number of nitrogens with one attached hydrogen (secondary N) is 1. The first-order valence-corrected chi connectivity index (χ1v) is 12.4. The highest BCUT2D eigenvalue weighted by molar-refractivity contribution is 6.34. The predicted molar refractivity (Wildman–Crippen MR) is 137 cm³/mol. The van der Waals surface area contributed by atoms with Crippen molar-refractivity contribution in [2.45, 2.75) is 45.4 Å². The molecule has 0 spiro atoms. The Kier molecular flexibility index (Phi) is 5.92. The fourth-order valence-corrected chi connectivity index (χ4v) is 4.48. The summed E-state index contributed by atoms with van der Waals surface area (Å²) in [6, 6.07) is 6.44. The maximum Gasteiger partial charge on any atom is 0.259 e. The monoisotopic (exact) mass is 535 g/mol. The van der Waals surface area contributed by atoms with Gasteiger partial charge in [0, 0.05) is 17.5 Å². The third-order valence-electron chi connectivity index (χ3n) is 6.47. The van der Waals surface area contributed by atoms with E-state index in [1.807, 2.05) is 19.1 Å². The first kappa shape index (κ1) is 24.2. The molecule has 1 saturated carbocycles. The molecule has 194 valence electrons. The Hall–Kier alpha value is -4.16. The highest BCUT2D eigenvalue weighted by Gasteiger charge is 2.27. The Bertz CT molecular complexity index is 1690. The number of anilines is 1. The van der Waals surface area contributed by atoms with Crippen molar-refractivity contribution < 1.29 is 14.3 Å². The average Bonchev–Trinajstić information content (AvgIpc) is 3.29. The third-order valence-corrected chi connectivity index (χ3v) is 6.78. The summed E-state index contributed by atoms with van der Waals surface area (Å²) in [7, 11) is 0. The highest BCUT2D eigenvalue weighted by Crippen LogP contribution is 2.35. The van der Waals surface area contributed by atoms with E-state index >= 15 is 0 Å². The second-order valence-electron chi connectivity index (χ2n) is 9.41. The van der Waals surface area contributed by atoms with Gasteiger partial charge < -0.3 is 10.4 Å². The molecule has 13 heteroatoms. The fraction of sp³-hybridized carbons (Fsp3) is 0.280. The minimum Gasteiger partial charge on any atom is -0.391 e. The number of benzene rings is 1. The Morgan fingerprint density at radius 1 is 1.24 bits per heavy atom. The molecular weight excluding hydrogens is 513 g/mol. The zero-order chi connectivity index (χ0) is 26.6. The summed E-state index contributed by atoms with van der Waals surface area (Å²) in [6.07, 6.45) is 6.34. The van der Waals surface area contributed by atoms with Gasteiger partial charge in [0.2, 0.25) is 5.82 Å². The van der Waals surface area contributed by atoms with Crippen LogP contribution < -0.4 is 5.32 Å². The van der Waals surface area contributed by atoms with Gasteiger partial charge in [0.1, 0.15) is 5.82 Å². The van der Waals surface area contributed by atoms with Crippen molar-refractivity contribution in [3.8, 4) is 22.5 Å². The Labute approximate surface area is 220 Å². The molecule has 1 aromatic carbocycles. The van der Waals surface area contributed by atoms with Gasteiger partial charge in [0.25, 0.3) is 5.91 Å². The molecule has 0 saturated heterocycles. The molecule has 1 amide bonds. The van der Waals surface area contributed by atoms with E-state index in [1.165, 1.54) is 17.1 Å². The minimum atomic E-state index is -0.615. The van der Waals surface area contributed by atoms with Crippen LogP contribution in [0.5, 0.6) is 0 Å². The van der Waals surface area contributed by atoms with Gasteiger partial charge in [-0.3, -0.25) is 9.48 Å². The molecule has 4 heterocycles. The van der Waals surface area contributed by atoms with E-state index in [9.17, 15) is 14.3 Å².